The molecule has 7 nitrogen and oxygen atoms in total. The molecule has 3 atom stereocenters. The Hall–Kier alpha value is -2.42. The number of fused-ring (bicyclic) bond motifs is 2. The van der Waals surface area contributed by atoms with Crippen molar-refractivity contribution in [1.82, 2.24) is 25.6 Å². The number of aromatic nitrogens is 3. The van der Waals surface area contributed by atoms with Crippen molar-refractivity contribution in [3.05, 3.63) is 52.0 Å². The third-order valence-corrected chi connectivity index (χ3v) is 7.16. The minimum atomic E-state index is 0.550. The number of nitrogens with one attached hydrogen (secondary N) is 3. The van der Waals surface area contributed by atoms with E-state index in [1.807, 2.05) is 29.2 Å². The molecule has 5 heterocycles. The number of hydrogen-bond donors (Lipinski definition) is 3. The molecular weight excluding hydrogens is 442 g/mol. The smallest absolute Gasteiger partial charge is 0.331 e. The third-order valence-electron chi connectivity index (χ3n) is 6.54. The summed E-state index contributed by atoms with van der Waals surface area (Å²) in [6.07, 6.45) is 8.86. The van der Waals surface area contributed by atoms with Crippen LogP contribution in [0.25, 0.3) is 11.0 Å². The number of nitrogens with zero attached hydrogens (tertiary/aromatic N) is 4. The second-order valence-corrected chi connectivity index (χ2v) is 9.20. The van der Waals surface area contributed by atoms with Crippen molar-refractivity contribution in [3.63, 3.8) is 0 Å². The van der Waals surface area contributed by atoms with E-state index in [1.54, 1.807) is 6.20 Å². The fourth-order valence-corrected chi connectivity index (χ4v) is 5.48. The maximum atomic E-state index is 5.00. The molecule has 0 radical (unpaired) electrons. The van der Waals surface area contributed by atoms with E-state index in [2.05, 4.69) is 48.2 Å². The summed E-state index contributed by atoms with van der Waals surface area (Å²) in [5.41, 5.74) is 5.41. The number of hydrogen-bond acceptors (Lipinski definition) is 5. The van der Waals surface area contributed by atoms with Crippen LogP contribution in [0.5, 0.6) is 0 Å². The highest BCUT2D eigenvalue weighted by Crippen LogP contribution is 2.52. The first-order chi connectivity index (χ1) is 14.7. The van der Waals surface area contributed by atoms with E-state index in [1.165, 1.54) is 17.5 Å². The zero-order chi connectivity index (χ0) is 20.2. The Balaban J connectivity index is 1.38. The molecule has 3 aromatic heterocycles. The fraction of sp³-hybridized carbons (Fsp3) is 0.364. The standard InChI is InChI=1S/C22H23BrN7/c1-30-11-16-15(13-6-14(13)18-9-24-4-5-26-18)7-25-10-19(16)29-22(30)12-2-3-27-21-20(12)17(23)8-28-21/h2-3,7-8,10,13-14,18,24,26H,1,4-6,9,11H2,(H,27,28)/q+1. The van der Waals surface area contributed by atoms with Crippen LogP contribution >= 0.6 is 15.9 Å². The Morgan fingerprint density at radius 3 is 3.03 bits per heavy atom. The van der Waals surface area contributed by atoms with Gasteiger partial charge in [0.2, 0.25) is 5.69 Å². The molecule has 1 saturated heterocycles. The number of aromatic amines is 1. The van der Waals surface area contributed by atoms with Crippen molar-refractivity contribution < 1.29 is 4.58 Å². The lowest BCUT2D eigenvalue weighted by Gasteiger charge is -2.25. The third kappa shape index (κ3) is 2.93. The summed E-state index contributed by atoms with van der Waals surface area (Å²) in [5.74, 6) is 2.08. The van der Waals surface area contributed by atoms with Gasteiger partial charge < -0.3 is 15.6 Å². The second-order valence-electron chi connectivity index (χ2n) is 8.35. The van der Waals surface area contributed by atoms with Gasteiger partial charge >= 0.3 is 5.84 Å². The summed E-state index contributed by atoms with van der Waals surface area (Å²) in [7, 11) is 0. The minimum absolute atomic E-state index is 0.550. The van der Waals surface area contributed by atoms with Gasteiger partial charge in [0.25, 0.3) is 0 Å². The number of piperazine rings is 1. The van der Waals surface area contributed by atoms with E-state index >= 15 is 0 Å². The fourth-order valence-electron chi connectivity index (χ4n) is 4.96. The van der Waals surface area contributed by atoms with Crippen LogP contribution in [-0.4, -0.2) is 57.8 Å². The Morgan fingerprint density at radius 2 is 2.17 bits per heavy atom. The van der Waals surface area contributed by atoms with Gasteiger partial charge in [-0.15, -0.1) is 0 Å². The molecular formula is C22H23BrN7+. The van der Waals surface area contributed by atoms with Crippen LogP contribution in [0.2, 0.25) is 0 Å². The van der Waals surface area contributed by atoms with Gasteiger partial charge in [-0.05, 0) is 50.8 Å². The van der Waals surface area contributed by atoms with Gasteiger partial charge in [0, 0.05) is 54.1 Å². The largest absolute Gasteiger partial charge is 0.345 e. The molecule has 6 rings (SSSR count). The highest BCUT2D eigenvalue weighted by molar-refractivity contribution is 9.10. The van der Waals surface area contributed by atoms with Gasteiger partial charge in [-0.1, -0.05) is 0 Å². The molecule has 0 bridgehead atoms. The number of rotatable bonds is 3. The quantitative estimate of drug-likeness (QED) is 0.520. The zero-order valence-corrected chi connectivity index (χ0v) is 18.1. The van der Waals surface area contributed by atoms with Crippen molar-refractivity contribution in [2.45, 2.75) is 24.9 Å². The SMILES string of the molecule is C=[N+]1Cc2c(cncc2C2CC2C2CNCCN2)N=C1c1ccnc2[nH]cc(Br)c12. The Labute approximate surface area is 182 Å². The molecule has 3 unspecified atom stereocenters. The van der Waals surface area contributed by atoms with E-state index in [-0.39, 0.29) is 0 Å². The van der Waals surface area contributed by atoms with E-state index in [0.29, 0.717) is 17.9 Å². The van der Waals surface area contributed by atoms with Gasteiger partial charge in [0.1, 0.15) is 12.2 Å². The molecule has 30 heavy (non-hydrogen) atoms. The lowest BCUT2D eigenvalue weighted by molar-refractivity contribution is -0.417. The van der Waals surface area contributed by atoms with Crippen molar-refractivity contribution >= 4 is 45.2 Å². The highest BCUT2D eigenvalue weighted by atomic mass is 79.9. The van der Waals surface area contributed by atoms with Crippen LogP contribution in [0.3, 0.4) is 0 Å². The van der Waals surface area contributed by atoms with Crippen LogP contribution in [0.15, 0.2) is 40.3 Å². The molecule has 2 fully saturated rings. The first kappa shape index (κ1) is 18.4. The van der Waals surface area contributed by atoms with Gasteiger partial charge in [-0.2, -0.15) is 0 Å². The summed E-state index contributed by atoms with van der Waals surface area (Å²) >= 11 is 3.63. The van der Waals surface area contributed by atoms with Crippen LogP contribution < -0.4 is 10.6 Å². The molecule has 8 heteroatoms. The predicted octanol–water partition coefficient (Wildman–Crippen LogP) is 2.69. The maximum absolute atomic E-state index is 5.00. The summed E-state index contributed by atoms with van der Waals surface area (Å²) < 4.78 is 2.97. The second kappa shape index (κ2) is 7.08. The average molecular weight is 465 g/mol. The number of amidine groups is 1. The molecule has 0 spiro atoms. The average Bonchev–Trinajstić information content (AvgIpc) is 3.49. The number of pyridine rings is 2. The summed E-state index contributed by atoms with van der Waals surface area (Å²) in [6, 6.07) is 2.55. The van der Waals surface area contributed by atoms with E-state index < -0.39 is 0 Å². The topological polar surface area (TPSA) is 81.0 Å². The van der Waals surface area contributed by atoms with Crippen LogP contribution in [0.4, 0.5) is 5.69 Å². The lowest BCUT2D eigenvalue weighted by atomic mass is 9.98. The minimum Gasteiger partial charge on any atom is -0.345 e. The number of halogens is 1. The van der Waals surface area contributed by atoms with Crippen molar-refractivity contribution in [3.8, 4) is 0 Å². The van der Waals surface area contributed by atoms with Gasteiger partial charge in [-0.25, -0.2) is 9.56 Å². The van der Waals surface area contributed by atoms with Crippen LogP contribution in [-0.2, 0) is 6.54 Å². The summed E-state index contributed by atoms with van der Waals surface area (Å²) in [6.45, 7) is 8.21. The molecule has 3 N–H and O–H groups in total. The molecule has 152 valence electrons. The normalized spacial score (nSPS) is 25.8. The lowest BCUT2D eigenvalue weighted by Crippen LogP contribution is -2.49. The van der Waals surface area contributed by atoms with Crippen LogP contribution in [0, 0.1) is 5.92 Å². The molecule has 3 aliphatic rings. The molecule has 1 saturated carbocycles. The zero-order valence-electron chi connectivity index (χ0n) is 16.5. The first-order valence-corrected chi connectivity index (χ1v) is 11.2. The maximum Gasteiger partial charge on any atom is 0.331 e. The van der Waals surface area contributed by atoms with E-state index in [0.717, 1.165) is 58.8 Å². The molecule has 0 amide bonds. The monoisotopic (exact) mass is 464 g/mol. The van der Waals surface area contributed by atoms with E-state index in [4.69, 9.17) is 4.99 Å². The van der Waals surface area contributed by atoms with Gasteiger partial charge in [0.05, 0.1) is 24.0 Å². The molecule has 3 aromatic rings. The Bertz CT molecular complexity index is 1190. The van der Waals surface area contributed by atoms with Gasteiger partial charge in [-0.3, -0.25) is 4.98 Å². The Kier molecular flexibility index (Phi) is 4.33. The van der Waals surface area contributed by atoms with Crippen molar-refractivity contribution in [1.29, 1.82) is 0 Å². The van der Waals surface area contributed by atoms with Crippen molar-refractivity contribution in [2.24, 2.45) is 10.9 Å². The number of H-pyrrole nitrogens is 1. The first-order valence-electron chi connectivity index (χ1n) is 10.4. The number of aliphatic imine (C=N–C) groups is 1. The summed E-state index contributed by atoms with van der Waals surface area (Å²) in [5, 5.41) is 8.20. The molecule has 0 aromatic carbocycles. The Morgan fingerprint density at radius 1 is 1.23 bits per heavy atom. The van der Waals surface area contributed by atoms with Gasteiger partial charge in [0.15, 0.2) is 0 Å². The summed E-state index contributed by atoms with van der Waals surface area (Å²) in [4.78, 5) is 17.2. The predicted molar refractivity (Wildman–Crippen MR) is 121 cm³/mol. The molecule has 1 aliphatic carbocycles. The van der Waals surface area contributed by atoms with Crippen molar-refractivity contribution in [2.75, 3.05) is 19.6 Å². The molecule has 2 aliphatic heterocycles. The van der Waals surface area contributed by atoms with E-state index in [9.17, 15) is 0 Å². The highest BCUT2D eigenvalue weighted by Gasteiger charge is 2.46. The van der Waals surface area contributed by atoms with Crippen LogP contribution in [0.1, 0.15) is 29.0 Å².